The number of nitrogens with one attached hydrogen (secondary N) is 2. The van der Waals surface area contributed by atoms with Crippen LogP contribution < -0.4 is 10.6 Å². The Bertz CT molecular complexity index is 1020. The Labute approximate surface area is 256 Å². The molecular formula is C33H52N2O8. The highest BCUT2D eigenvalue weighted by molar-refractivity contribution is 5.87. The molecule has 9 atom stereocenters. The van der Waals surface area contributed by atoms with Crippen molar-refractivity contribution in [2.24, 2.45) is 11.8 Å². The number of esters is 1. The topological polar surface area (TPSA) is 132 Å². The molecule has 0 aromatic carbocycles. The Hall–Kier alpha value is -2.53. The quantitative estimate of drug-likeness (QED) is 0.165. The summed E-state index contributed by atoms with van der Waals surface area (Å²) in [5.74, 6) is -0.519. The lowest BCUT2D eigenvalue weighted by atomic mass is 9.87. The Balaban J connectivity index is 1.50. The molecule has 10 nitrogen and oxygen atoms in total. The maximum atomic E-state index is 12.5. The first kappa shape index (κ1) is 35.0. The van der Waals surface area contributed by atoms with Crippen LogP contribution in [0.2, 0.25) is 0 Å². The van der Waals surface area contributed by atoms with Gasteiger partial charge in [-0.15, -0.1) is 0 Å². The van der Waals surface area contributed by atoms with E-state index in [0.717, 1.165) is 31.3 Å². The maximum Gasteiger partial charge on any atom is 0.303 e. The highest BCUT2D eigenvalue weighted by Gasteiger charge is 2.38. The molecule has 3 aliphatic rings. The van der Waals surface area contributed by atoms with Gasteiger partial charge in [0.2, 0.25) is 11.8 Å². The van der Waals surface area contributed by atoms with Crippen LogP contribution in [0.1, 0.15) is 79.6 Å². The summed E-state index contributed by atoms with van der Waals surface area (Å²) in [6, 6.07) is 0.167. The summed E-state index contributed by atoms with van der Waals surface area (Å²) in [5, 5.41) is 17.0. The Morgan fingerprint density at radius 1 is 1.07 bits per heavy atom. The van der Waals surface area contributed by atoms with Crippen LogP contribution in [0, 0.1) is 11.8 Å². The lowest BCUT2D eigenvalue weighted by molar-refractivity contribution is -0.147. The molecule has 1 aliphatic carbocycles. The summed E-state index contributed by atoms with van der Waals surface area (Å²) < 4.78 is 22.8. The molecule has 2 amide bonds. The third kappa shape index (κ3) is 11.5. The van der Waals surface area contributed by atoms with Gasteiger partial charge in [-0.25, -0.2) is 0 Å². The molecule has 10 heteroatoms. The van der Waals surface area contributed by atoms with Gasteiger partial charge >= 0.3 is 5.97 Å². The number of aliphatic hydroxyl groups excluding tert-OH is 1. The summed E-state index contributed by atoms with van der Waals surface area (Å²) in [7, 11) is 1.62. The van der Waals surface area contributed by atoms with Crippen LogP contribution >= 0.6 is 0 Å². The Morgan fingerprint density at radius 2 is 1.81 bits per heavy atom. The minimum atomic E-state index is -0.718. The number of amides is 2. The number of hydrogen-bond donors (Lipinski definition) is 3. The van der Waals surface area contributed by atoms with Crippen molar-refractivity contribution in [3.63, 3.8) is 0 Å². The van der Waals surface area contributed by atoms with Gasteiger partial charge in [-0.3, -0.25) is 14.4 Å². The number of hydrogen-bond acceptors (Lipinski definition) is 8. The van der Waals surface area contributed by atoms with Crippen molar-refractivity contribution in [1.82, 2.24) is 10.6 Å². The van der Waals surface area contributed by atoms with Crippen molar-refractivity contribution in [3.05, 3.63) is 36.0 Å². The van der Waals surface area contributed by atoms with Gasteiger partial charge in [-0.05, 0) is 71.3 Å². The summed E-state index contributed by atoms with van der Waals surface area (Å²) in [4.78, 5) is 36.0. The maximum absolute atomic E-state index is 12.5. The first-order valence-electron chi connectivity index (χ1n) is 15.7. The zero-order valence-electron chi connectivity index (χ0n) is 26.6. The number of methoxy groups -OCH3 is 1. The van der Waals surface area contributed by atoms with Gasteiger partial charge in [-0.1, -0.05) is 30.7 Å². The molecule has 2 unspecified atom stereocenters. The van der Waals surface area contributed by atoms with Crippen LogP contribution in [0.3, 0.4) is 0 Å². The summed E-state index contributed by atoms with van der Waals surface area (Å²) >= 11 is 0. The second-order valence-corrected chi connectivity index (χ2v) is 12.5. The van der Waals surface area contributed by atoms with E-state index in [1.807, 2.05) is 26.0 Å². The van der Waals surface area contributed by atoms with Gasteiger partial charge in [-0.2, -0.15) is 0 Å². The van der Waals surface area contributed by atoms with Crippen LogP contribution in [-0.2, 0) is 33.3 Å². The molecule has 0 aromatic rings. The van der Waals surface area contributed by atoms with Crippen molar-refractivity contribution in [3.8, 4) is 0 Å². The van der Waals surface area contributed by atoms with E-state index in [2.05, 4.69) is 23.6 Å². The number of allylic oxidation sites excluding steroid dienone is 2. The second-order valence-electron chi connectivity index (χ2n) is 12.5. The van der Waals surface area contributed by atoms with Crippen molar-refractivity contribution in [2.75, 3.05) is 13.7 Å². The number of aliphatic hydroxyl groups is 1. The van der Waals surface area contributed by atoms with Gasteiger partial charge in [0.05, 0.1) is 43.5 Å². The fraction of sp³-hybridized carbons (Fsp3) is 0.727. The van der Waals surface area contributed by atoms with E-state index in [-0.39, 0.29) is 60.5 Å². The molecule has 0 radical (unpaired) electrons. The van der Waals surface area contributed by atoms with Crippen LogP contribution in [-0.4, -0.2) is 85.3 Å². The van der Waals surface area contributed by atoms with Crippen molar-refractivity contribution in [2.45, 2.75) is 128 Å². The van der Waals surface area contributed by atoms with Gasteiger partial charge in [0.1, 0.15) is 12.2 Å². The fourth-order valence-electron chi connectivity index (χ4n) is 5.91. The van der Waals surface area contributed by atoms with Crippen molar-refractivity contribution < 1.29 is 38.4 Å². The van der Waals surface area contributed by atoms with Gasteiger partial charge < -0.3 is 34.7 Å². The smallest absolute Gasteiger partial charge is 0.303 e. The molecule has 0 spiro atoms. The third-order valence-electron chi connectivity index (χ3n) is 8.63. The van der Waals surface area contributed by atoms with E-state index >= 15 is 0 Å². The largest absolute Gasteiger partial charge is 0.459 e. The third-order valence-corrected chi connectivity index (χ3v) is 8.63. The highest BCUT2D eigenvalue weighted by atomic mass is 16.5. The molecule has 3 rings (SSSR count). The summed E-state index contributed by atoms with van der Waals surface area (Å²) in [6.07, 6.45) is 12.4. The minimum Gasteiger partial charge on any atom is -0.459 e. The second kappa shape index (κ2) is 17.1. The van der Waals surface area contributed by atoms with E-state index in [9.17, 15) is 19.5 Å². The predicted molar refractivity (Wildman–Crippen MR) is 163 cm³/mol. The Kier molecular flexibility index (Phi) is 13.9. The van der Waals surface area contributed by atoms with Crippen LogP contribution in [0.4, 0.5) is 0 Å². The molecule has 0 aromatic heterocycles. The average molecular weight is 605 g/mol. The molecule has 43 heavy (non-hydrogen) atoms. The van der Waals surface area contributed by atoms with Crippen molar-refractivity contribution in [1.29, 1.82) is 0 Å². The molecule has 3 N–H and O–H groups in total. The summed E-state index contributed by atoms with van der Waals surface area (Å²) in [6.45, 7) is 9.53. The molecule has 1 saturated carbocycles. The van der Waals surface area contributed by atoms with E-state index < -0.39 is 24.3 Å². The SMILES string of the molecule is COCC1C[C@@H](CC(=O)NC2CCC2)OC(/C=C/C(C)=C/C[C@@H]2O[C@H](C)[C@H](NC(=O)/C=C\[C@H](C)OC(C)=O)C[C@@H]2C)[C@H]1O. The van der Waals surface area contributed by atoms with E-state index in [1.165, 1.54) is 13.0 Å². The standard InChI is InChI=1S/C33H52N2O8/c1-20(10-13-29-21(2)16-28(23(4)42-29)35-31(37)15-12-22(3)41-24(5)36)11-14-30-33(39)25(19-40-6)17-27(43-30)18-32(38)34-26-8-7-9-26/h10-12,14-15,21-23,25-30,33,39H,7-9,13,16-19H2,1-6H3,(H,34,38)(H,35,37)/b14-11+,15-12-,20-10+/t21-,22-,23+,25?,27-,28+,29-,30?,33-/m0/s1. The van der Waals surface area contributed by atoms with Gasteiger partial charge in [0, 0.05) is 32.1 Å². The van der Waals surface area contributed by atoms with E-state index in [0.29, 0.717) is 19.4 Å². The zero-order valence-corrected chi connectivity index (χ0v) is 26.6. The lowest BCUT2D eigenvalue weighted by Crippen LogP contribution is -2.50. The zero-order chi connectivity index (χ0) is 31.5. The molecule has 2 heterocycles. The minimum absolute atomic E-state index is 0.00373. The Morgan fingerprint density at radius 3 is 2.47 bits per heavy atom. The monoisotopic (exact) mass is 604 g/mol. The number of carbonyl (C=O) groups is 3. The molecule has 2 saturated heterocycles. The summed E-state index contributed by atoms with van der Waals surface area (Å²) in [5.41, 5.74) is 1.02. The average Bonchev–Trinajstić information content (AvgIpc) is 2.91. The number of rotatable bonds is 13. The first-order valence-corrected chi connectivity index (χ1v) is 15.7. The highest BCUT2D eigenvalue weighted by Crippen LogP contribution is 2.30. The molecule has 2 aliphatic heterocycles. The number of ether oxygens (including phenoxy) is 4. The normalized spacial score (nSPS) is 32.8. The molecule has 0 bridgehead atoms. The lowest BCUT2D eigenvalue weighted by Gasteiger charge is -2.39. The molecule has 242 valence electrons. The van der Waals surface area contributed by atoms with E-state index in [1.54, 1.807) is 20.1 Å². The fourth-order valence-corrected chi connectivity index (χ4v) is 5.91. The van der Waals surface area contributed by atoms with E-state index in [4.69, 9.17) is 18.9 Å². The molecular weight excluding hydrogens is 552 g/mol. The predicted octanol–water partition coefficient (Wildman–Crippen LogP) is 3.52. The molecule has 3 fully saturated rings. The van der Waals surface area contributed by atoms with Gasteiger partial charge in [0.25, 0.3) is 0 Å². The number of carbonyl (C=O) groups excluding carboxylic acids is 3. The van der Waals surface area contributed by atoms with Crippen LogP contribution in [0.25, 0.3) is 0 Å². The van der Waals surface area contributed by atoms with Crippen molar-refractivity contribution >= 4 is 17.8 Å². The first-order chi connectivity index (χ1) is 20.4. The van der Waals surface area contributed by atoms with Crippen LogP contribution in [0.15, 0.2) is 36.0 Å². The van der Waals surface area contributed by atoms with Gasteiger partial charge in [0.15, 0.2) is 0 Å². The van der Waals surface area contributed by atoms with Crippen LogP contribution in [0.5, 0.6) is 0 Å².